The van der Waals surface area contributed by atoms with E-state index in [1.165, 1.54) is 25.7 Å². The van der Waals surface area contributed by atoms with Crippen molar-refractivity contribution in [2.45, 2.75) is 83.7 Å². The maximum absolute atomic E-state index is 11.2. The van der Waals surface area contributed by atoms with E-state index in [1.54, 1.807) is 0 Å². The van der Waals surface area contributed by atoms with Crippen molar-refractivity contribution < 1.29 is 9.53 Å². The van der Waals surface area contributed by atoms with Crippen LogP contribution in [0.2, 0.25) is 0 Å². The molecule has 0 bridgehead atoms. The molecular formula is C20H32O2. The standard InChI is InChI=1S/C20H32O2/c1-2-3-4-5-6-7-8-9-10-11-12-13-14-16-19-17-15-18-20(21)22-19/h6-7,9-10,12-13,19H,2-5,8,11,14-18H2,1H3/b7-6-,10-9-,13-12-/t19-/m1/s1. The summed E-state index contributed by atoms with van der Waals surface area (Å²) in [5.74, 6) is -0.0223. The molecule has 0 aromatic carbocycles. The highest BCUT2D eigenvalue weighted by Gasteiger charge is 2.18. The van der Waals surface area contributed by atoms with Crippen LogP contribution in [0.4, 0.5) is 0 Å². The minimum atomic E-state index is -0.0223. The van der Waals surface area contributed by atoms with Gasteiger partial charge in [0.15, 0.2) is 0 Å². The smallest absolute Gasteiger partial charge is 0.306 e. The largest absolute Gasteiger partial charge is 0.462 e. The van der Waals surface area contributed by atoms with Crippen LogP contribution in [0, 0.1) is 0 Å². The van der Waals surface area contributed by atoms with Crippen LogP contribution in [-0.4, -0.2) is 12.1 Å². The van der Waals surface area contributed by atoms with Crippen LogP contribution < -0.4 is 0 Å². The van der Waals surface area contributed by atoms with Crippen molar-refractivity contribution >= 4 is 5.97 Å². The second-order valence-electron chi connectivity index (χ2n) is 5.96. The van der Waals surface area contributed by atoms with Crippen molar-refractivity contribution in [3.05, 3.63) is 36.5 Å². The molecule has 1 rings (SSSR count). The first-order valence-electron chi connectivity index (χ1n) is 8.97. The van der Waals surface area contributed by atoms with E-state index in [9.17, 15) is 4.79 Å². The molecule has 1 heterocycles. The van der Waals surface area contributed by atoms with Gasteiger partial charge < -0.3 is 4.74 Å². The Morgan fingerprint density at radius 3 is 2.36 bits per heavy atom. The number of ether oxygens (including phenoxy) is 1. The van der Waals surface area contributed by atoms with E-state index in [1.807, 2.05) is 0 Å². The number of hydrogen-bond acceptors (Lipinski definition) is 2. The summed E-state index contributed by atoms with van der Waals surface area (Å²) in [6, 6.07) is 0. The first kappa shape index (κ1) is 18.7. The number of carbonyl (C=O) groups is 1. The van der Waals surface area contributed by atoms with Crippen LogP contribution in [0.5, 0.6) is 0 Å². The highest BCUT2D eigenvalue weighted by molar-refractivity contribution is 5.70. The van der Waals surface area contributed by atoms with E-state index >= 15 is 0 Å². The van der Waals surface area contributed by atoms with Gasteiger partial charge in [-0.2, -0.15) is 0 Å². The number of unbranched alkanes of at least 4 members (excludes halogenated alkanes) is 3. The predicted molar refractivity (Wildman–Crippen MR) is 93.8 cm³/mol. The average Bonchev–Trinajstić information content (AvgIpc) is 2.52. The molecule has 0 aromatic rings. The van der Waals surface area contributed by atoms with Crippen molar-refractivity contribution in [3.8, 4) is 0 Å². The van der Waals surface area contributed by atoms with Crippen LogP contribution in [0.3, 0.4) is 0 Å². The Kier molecular flexibility index (Phi) is 11.4. The lowest BCUT2D eigenvalue weighted by Gasteiger charge is -2.21. The molecule has 0 radical (unpaired) electrons. The number of hydrogen-bond donors (Lipinski definition) is 0. The molecule has 2 heteroatoms. The quantitative estimate of drug-likeness (QED) is 0.270. The van der Waals surface area contributed by atoms with E-state index in [-0.39, 0.29) is 12.1 Å². The van der Waals surface area contributed by atoms with Crippen molar-refractivity contribution in [3.63, 3.8) is 0 Å². The Balaban J connectivity index is 1.94. The van der Waals surface area contributed by atoms with Crippen LogP contribution in [0.25, 0.3) is 0 Å². The van der Waals surface area contributed by atoms with Crippen LogP contribution in [-0.2, 0) is 9.53 Å². The van der Waals surface area contributed by atoms with E-state index < -0.39 is 0 Å². The molecule has 0 aliphatic carbocycles. The van der Waals surface area contributed by atoms with Crippen LogP contribution >= 0.6 is 0 Å². The SMILES string of the molecule is CCCCC/C=C\C/C=C\C/C=C\CC[C@@H]1CCCC(=O)O1. The summed E-state index contributed by atoms with van der Waals surface area (Å²) in [6.45, 7) is 2.24. The molecule has 124 valence electrons. The lowest BCUT2D eigenvalue weighted by Crippen LogP contribution is -2.23. The van der Waals surface area contributed by atoms with Crippen molar-refractivity contribution in [1.82, 2.24) is 0 Å². The Hall–Kier alpha value is -1.31. The number of rotatable bonds is 11. The fourth-order valence-corrected chi connectivity index (χ4v) is 2.55. The molecule has 0 amide bonds. The lowest BCUT2D eigenvalue weighted by molar-refractivity contribution is -0.153. The number of esters is 1. The average molecular weight is 304 g/mol. The zero-order valence-electron chi connectivity index (χ0n) is 14.1. The Labute approximate surface area is 136 Å². The minimum absolute atomic E-state index is 0.0223. The Bertz CT molecular complexity index is 366. The van der Waals surface area contributed by atoms with Gasteiger partial charge in [0.1, 0.15) is 6.10 Å². The fraction of sp³-hybridized carbons (Fsp3) is 0.650. The molecule has 0 N–H and O–H groups in total. The minimum Gasteiger partial charge on any atom is -0.462 e. The highest BCUT2D eigenvalue weighted by Crippen LogP contribution is 2.18. The maximum Gasteiger partial charge on any atom is 0.306 e. The Morgan fingerprint density at radius 2 is 1.68 bits per heavy atom. The first-order valence-corrected chi connectivity index (χ1v) is 8.97. The zero-order valence-corrected chi connectivity index (χ0v) is 14.1. The van der Waals surface area contributed by atoms with Gasteiger partial charge in [-0.1, -0.05) is 56.2 Å². The van der Waals surface area contributed by atoms with Crippen LogP contribution in [0.1, 0.15) is 77.6 Å². The van der Waals surface area contributed by atoms with Gasteiger partial charge in [-0.05, 0) is 51.4 Å². The molecular weight excluding hydrogens is 272 g/mol. The normalized spacial score (nSPS) is 19.5. The molecule has 2 nitrogen and oxygen atoms in total. The van der Waals surface area contributed by atoms with Gasteiger partial charge in [-0.3, -0.25) is 4.79 Å². The topological polar surface area (TPSA) is 26.3 Å². The van der Waals surface area contributed by atoms with Gasteiger partial charge >= 0.3 is 5.97 Å². The Morgan fingerprint density at radius 1 is 1.00 bits per heavy atom. The summed E-state index contributed by atoms with van der Waals surface area (Å²) in [6.07, 6.45) is 25.3. The third kappa shape index (κ3) is 10.4. The van der Waals surface area contributed by atoms with Gasteiger partial charge in [0.25, 0.3) is 0 Å². The van der Waals surface area contributed by atoms with Gasteiger partial charge in [0, 0.05) is 6.42 Å². The number of cyclic esters (lactones) is 1. The molecule has 1 fully saturated rings. The van der Waals surface area contributed by atoms with E-state index in [0.29, 0.717) is 6.42 Å². The van der Waals surface area contributed by atoms with E-state index in [0.717, 1.165) is 38.5 Å². The summed E-state index contributed by atoms with van der Waals surface area (Å²) in [4.78, 5) is 11.2. The van der Waals surface area contributed by atoms with E-state index in [4.69, 9.17) is 4.74 Å². The molecule has 0 spiro atoms. The van der Waals surface area contributed by atoms with Gasteiger partial charge in [0.2, 0.25) is 0 Å². The van der Waals surface area contributed by atoms with Crippen LogP contribution in [0.15, 0.2) is 36.5 Å². The lowest BCUT2D eigenvalue weighted by atomic mass is 10.0. The molecule has 0 unspecified atom stereocenters. The van der Waals surface area contributed by atoms with Crippen molar-refractivity contribution in [2.24, 2.45) is 0 Å². The zero-order chi connectivity index (χ0) is 15.9. The number of carbonyl (C=O) groups excluding carboxylic acids is 1. The second-order valence-corrected chi connectivity index (χ2v) is 5.96. The van der Waals surface area contributed by atoms with Crippen molar-refractivity contribution in [1.29, 1.82) is 0 Å². The molecule has 1 aliphatic heterocycles. The summed E-state index contributed by atoms with van der Waals surface area (Å²) < 4.78 is 5.30. The van der Waals surface area contributed by atoms with Gasteiger partial charge in [-0.25, -0.2) is 0 Å². The maximum atomic E-state index is 11.2. The number of allylic oxidation sites excluding steroid dienone is 6. The van der Waals surface area contributed by atoms with Crippen molar-refractivity contribution in [2.75, 3.05) is 0 Å². The highest BCUT2D eigenvalue weighted by atomic mass is 16.5. The molecule has 0 aromatic heterocycles. The fourth-order valence-electron chi connectivity index (χ4n) is 2.55. The van der Waals surface area contributed by atoms with E-state index in [2.05, 4.69) is 43.4 Å². The van der Waals surface area contributed by atoms with Gasteiger partial charge in [0.05, 0.1) is 0 Å². The molecule has 1 saturated heterocycles. The summed E-state index contributed by atoms with van der Waals surface area (Å²) in [7, 11) is 0. The molecule has 1 aliphatic rings. The predicted octanol–water partition coefficient (Wildman–Crippen LogP) is 5.89. The third-order valence-corrected chi connectivity index (χ3v) is 3.88. The van der Waals surface area contributed by atoms with Gasteiger partial charge in [-0.15, -0.1) is 0 Å². The molecule has 1 atom stereocenters. The molecule has 22 heavy (non-hydrogen) atoms. The first-order chi connectivity index (χ1) is 10.8. The summed E-state index contributed by atoms with van der Waals surface area (Å²) in [5, 5.41) is 0. The molecule has 0 saturated carbocycles. The third-order valence-electron chi connectivity index (χ3n) is 3.88. The second kappa shape index (κ2) is 13.4. The summed E-state index contributed by atoms with van der Waals surface area (Å²) in [5.41, 5.74) is 0. The monoisotopic (exact) mass is 304 g/mol. The summed E-state index contributed by atoms with van der Waals surface area (Å²) >= 11 is 0.